The van der Waals surface area contributed by atoms with Crippen molar-refractivity contribution in [2.75, 3.05) is 13.3 Å². The standard InChI is InChI=1S/C26H25NO4/c1-17-13-22-21(15-27(16-29-22)12-6-9-19-7-4-3-5-8-19)26-24(17)25(28)23(31-26)14-20-11-10-18(2)30-20/h3-5,7-8,10-11,13-14H,6,9,12,15-16H2,1-2H3/b23-14-. The first-order chi connectivity index (χ1) is 15.1. The highest BCUT2D eigenvalue weighted by Crippen LogP contribution is 2.44. The minimum atomic E-state index is -0.106. The van der Waals surface area contributed by atoms with Gasteiger partial charge in [0, 0.05) is 19.2 Å². The van der Waals surface area contributed by atoms with Crippen molar-refractivity contribution in [3.63, 3.8) is 0 Å². The summed E-state index contributed by atoms with van der Waals surface area (Å²) in [5.41, 5.74) is 3.78. The monoisotopic (exact) mass is 415 g/mol. The third-order valence-electron chi connectivity index (χ3n) is 5.80. The molecule has 0 saturated carbocycles. The van der Waals surface area contributed by atoms with Gasteiger partial charge in [0.25, 0.3) is 0 Å². The number of rotatable bonds is 5. The number of carbonyl (C=O) groups is 1. The molecule has 0 saturated heterocycles. The van der Waals surface area contributed by atoms with E-state index in [0.717, 1.165) is 42.0 Å². The first-order valence-electron chi connectivity index (χ1n) is 10.6. The summed E-state index contributed by atoms with van der Waals surface area (Å²) in [6.07, 6.45) is 3.74. The van der Waals surface area contributed by atoms with E-state index in [-0.39, 0.29) is 5.78 Å². The van der Waals surface area contributed by atoms with Crippen LogP contribution in [0.1, 0.15) is 45.0 Å². The summed E-state index contributed by atoms with van der Waals surface area (Å²) in [6.45, 7) is 5.96. The molecule has 2 aliphatic heterocycles. The lowest BCUT2D eigenvalue weighted by Crippen LogP contribution is -2.33. The van der Waals surface area contributed by atoms with E-state index >= 15 is 0 Å². The van der Waals surface area contributed by atoms with Gasteiger partial charge in [0.05, 0.1) is 11.1 Å². The smallest absolute Gasteiger partial charge is 0.232 e. The van der Waals surface area contributed by atoms with Crippen LogP contribution in [0.2, 0.25) is 0 Å². The number of Topliss-reactive ketones (excluding diaryl/α,β-unsaturated/α-hetero) is 1. The highest BCUT2D eigenvalue weighted by atomic mass is 16.5. The number of carbonyl (C=O) groups excluding carboxylic acids is 1. The second-order valence-electron chi connectivity index (χ2n) is 8.18. The molecule has 1 aromatic heterocycles. The van der Waals surface area contributed by atoms with Crippen molar-refractivity contribution in [2.45, 2.75) is 33.2 Å². The summed E-state index contributed by atoms with van der Waals surface area (Å²) >= 11 is 0. The number of furan rings is 1. The molecule has 0 N–H and O–H groups in total. The molecule has 0 spiro atoms. The van der Waals surface area contributed by atoms with Gasteiger partial charge >= 0.3 is 0 Å². The zero-order valence-corrected chi connectivity index (χ0v) is 17.8. The fraction of sp³-hybridized carbons (Fsp3) is 0.269. The van der Waals surface area contributed by atoms with E-state index in [1.807, 2.05) is 38.1 Å². The van der Waals surface area contributed by atoms with E-state index in [2.05, 4.69) is 29.2 Å². The molecule has 31 heavy (non-hydrogen) atoms. The SMILES string of the molecule is Cc1ccc(/C=C2\Oc3c4c(cc(C)c3C2=O)OCN(CCCc2ccccc2)C4)o1. The molecule has 5 nitrogen and oxygen atoms in total. The van der Waals surface area contributed by atoms with E-state index < -0.39 is 0 Å². The Kier molecular flexibility index (Phi) is 5.12. The molecule has 2 aromatic carbocycles. The van der Waals surface area contributed by atoms with E-state index in [0.29, 0.717) is 36.1 Å². The number of aryl methyl sites for hydroxylation is 3. The summed E-state index contributed by atoms with van der Waals surface area (Å²) in [4.78, 5) is 15.3. The second-order valence-corrected chi connectivity index (χ2v) is 8.18. The van der Waals surface area contributed by atoms with Crippen LogP contribution in [0, 0.1) is 13.8 Å². The number of allylic oxidation sites excluding steroid dienone is 1. The Morgan fingerprint density at radius 2 is 1.94 bits per heavy atom. The van der Waals surface area contributed by atoms with Crippen LogP contribution >= 0.6 is 0 Å². The van der Waals surface area contributed by atoms with E-state index in [4.69, 9.17) is 13.9 Å². The van der Waals surface area contributed by atoms with Gasteiger partial charge in [-0.1, -0.05) is 30.3 Å². The summed E-state index contributed by atoms with van der Waals surface area (Å²) in [5.74, 6) is 3.02. The molecule has 0 radical (unpaired) electrons. The molecule has 0 aliphatic carbocycles. The molecule has 2 aliphatic rings. The van der Waals surface area contributed by atoms with Gasteiger partial charge in [0.1, 0.15) is 29.8 Å². The van der Waals surface area contributed by atoms with Crippen molar-refractivity contribution in [3.8, 4) is 11.5 Å². The number of benzene rings is 2. The van der Waals surface area contributed by atoms with Crippen molar-refractivity contribution in [2.24, 2.45) is 0 Å². The second kappa shape index (κ2) is 8.08. The van der Waals surface area contributed by atoms with Gasteiger partial charge in [-0.15, -0.1) is 0 Å². The predicted octanol–water partition coefficient (Wildman–Crippen LogP) is 5.30. The summed E-state index contributed by atoms with van der Waals surface area (Å²) in [5, 5.41) is 0. The molecule has 3 heterocycles. The molecule has 5 rings (SSSR count). The zero-order chi connectivity index (χ0) is 21.4. The molecular formula is C26H25NO4. The molecule has 3 aromatic rings. The van der Waals surface area contributed by atoms with Crippen LogP contribution in [0.5, 0.6) is 11.5 Å². The first kappa shape index (κ1) is 19.6. The Balaban J connectivity index is 1.35. The third kappa shape index (κ3) is 3.89. The van der Waals surface area contributed by atoms with Crippen molar-refractivity contribution >= 4 is 11.9 Å². The minimum Gasteiger partial charge on any atom is -0.478 e. The van der Waals surface area contributed by atoms with Crippen molar-refractivity contribution < 1.29 is 18.7 Å². The molecule has 0 unspecified atom stereocenters. The maximum atomic E-state index is 13.0. The number of fused-ring (bicyclic) bond motifs is 3. The third-order valence-corrected chi connectivity index (χ3v) is 5.80. The predicted molar refractivity (Wildman–Crippen MR) is 118 cm³/mol. The quantitative estimate of drug-likeness (QED) is 0.530. The lowest BCUT2D eigenvalue weighted by molar-refractivity contribution is 0.0927. The minimum absolute atomic E-state index is 0.106. The van der Waals surface area contributed by atoms with E-state index in [1.165, 1.54) is 5.56 Å². The Morgan fingerprint density at radius 3 is 2.71 bits per heavy atom. The van der Waals surface area contributed by atoms with Crippen LogP contribution in [0.3, 0.4) is 0 Å². The Morgan fingerprint density at radius 1 is 1.10 bits per heavy atom. The number of ether oxygens (including phenoxy) is 2. The maximum absolute atomic E-state index is 13.0. The average Bonchev–Trinajstić information content (AvgIpc) is 3.33. The van der Waals surface area contributed by atoms with Crippen molar-refractivity contribution in [3.05, 3.63) is 88.1 Å². The lowest BCUT2D eigenvalue weighted by Gasteiger charge is -2.30. The van der Waals surface area contributed by atoms with Crippen LogP contribution in [-0.4, -0.2) is 24.0 Å². The number of nitrogens with zero attached hydrogens (tertiary/aromatic N) is 1. The van der Waals surface area contributed by atoms with Crippen molar-refractivity contribution in [1.82, 2.24) is 4.90 Å². The zero-order valence-electron chi connectivity index (χ0n) is 17.8. The molecule has 0 amide bonds. The van der Waals surface area contributed by atoms with Crippen LogP contribution in [0.15, 0.2) is 58.7 Å². The van der Waals surface area contributed by atoms with Gasteiger partial charge in [-0.25, -0.2) is 0 Å². The Bertz CT molecular complexity index is 1160. The number of hydrogen-bond donors (Lipinski definition) is 0. The van der Waals surface area contributed by atoms with Crippen LogP contribution in [0.25, 0.3) is 6.08 Å². The molecule has 5 heteroatoms. The number of hydrogen-bond acceptors (Lipinski definition) is 5. The first-order valence-corrected chi connectivity index (χ1v) is 10.6. The fourth-order valence-corrected chi connectivity index (χ4v) is 4.23. The maximum Gasteiger partial charge on any atom is 0.232 e. The highest BCUT2D eigenvalue weighted by Gasteiger charge is 2.35. The van der Waals surface area contributed by atoms with Gasteiger partial charge in [0.2, 0.25) is 5.78 Å². The fourth-order valence-electron chi connectivity index (χ4n) is 4.23. The summed E-state index contributed by atoms with van der Waals surface area (Å²) in [7, 11) is 0. The van der Waals surface area contributed by atoms with E-state index in [9.17, 15) is 4.79 Å². The lowest BCUT2D eigenvalue weighted by atomic mass is 9.98. The molecule has 158 valence electrons. The highest BCUT2D eigenvalue weighted by molar-refractivity contribution is 6.15. The normalized spacial score (nSPS) is 16.7. The number of ketones is 1. The van der Waals surface area contributed by atoms with Crippen molar-refractivity contribution in [1.29, 1.82) is 0 Å². The Hall–Kier alpha value is -3.31. The van der Waals surface area contributed by atoms with E-state index in [1.54, 1.807) is 6.08 Å². The molecular weight excluding hydrogens is 390 g/mol. The van der Waals surface area contributed by atoms with Crippen LogP contribution in [0.4, 0.5) is 0 Å². The van der Waals surface area contributed by atoms with Gasteiger partial charge in [0.15, 0.2) is 5.76 Å². The van der Waals surface area contributed by atoms with Crippen LogP contribution in [-0.2, 0) is 13.0 Å². The molecule has 0 fully saturated rings. The average molecular weight is 415 g/mol. The van der Waals surface area contributed by atoms with Gasteiger partial charge < -0.3 is 13.9 Å². The topological polar surface area (TPSA) is 51.9 Å². The van der Waals surface area contributed by atoms with Gasteiger partial charge in [-0.05, 0) is 56.0 Å². The Labute approximate surface area is 181 Å². The molecule has 0 bridgehead atoms. The summed E-state index contributed by atoms with van der Waals surface area (Å²) in [6, 6.07) is 16.2. The largest absolute Gasteiger partial charge is 0.478 e. The van der Waals surface area contributed by atoms with Gasteiger partial charge in [-0.3, -0.25) is 9.69 Å². The van der Waals surface area contributed by atoms with Gasteiger partial charge in [-0.2, -0.15) is 0 Å². The van der Waals surface area contributed by atoms with Crippen LogP contribution < -0.4 is 9.47 Å². The summed E-state index contributed by atoms with van der Waals surface area (Å²) < 4.78 is 17.7. The molecule has 0 atom stereocenters.